The van der Waals surface area contributed by atoms with E-state index in [1.165, 1.54) is 0 Å². The van der Waals surface area contributed by atoms with E-state index >= 15 is 0 Å². The average molecular weight is 317 g/mol. The molecule has 0 spiro atoms. The first-order valence-electron chi connectivity index (χ1n) is 0. The second-order valence-electron chi connectivity index (χ2n) is 0. The molecule has 0 saturated carbocycles. The largest absolute Gasteiger partial charge is 0.0149 e. The molecular formula is H9CaCoNiSbSi. The Labute approximate surface area is 104 Å². The van der Waals surface area contributed by atoms with Crippen LogP contribution in [0.25, 0.3) is 0 Å². The fourth-order valence-electron chi connectivity index (χ4n) is 0. The summed E-state index contributed by atoms with van der Waals surface area (Å²) in [6.45, 7) is 0. The zero-order valence-corrected chi connectivity index (χ0v) is 7.42. The molecule has 0 aromatic heterocycles. The van der Waals surface area contributed by atoms with Gasteiger partial charge in [-0.1, -0.05) is 0 Å². The Kier molecular flexibility index (Phi) is 217. The van der Waals surface area contributed by atoms with Crippen molar-refractivity contribution in [2.45, 2.75) is 0 Å². The molecule has 0 N–H and O–H groups in total. The van der Waals surface area contributed by atoms with Gasteiger partial charge in [0.15, 0.2) is 0 Å². The molecule has 0 atom stereocenters. The zero-order chi connectivity index (χ0) is 0. The minimum atomic E-state index is 0. The van der Waals surface area contributed by atoms with E-state index in [1.54, 1.807) is 0 Å². The Morgan fingerprint density at radius 3 is 1.00 bits per heavy atom. The molecule has 0 amide bonds. The fourth-order valence-corrected chi connectivity index (χ4v) is 0. The Morgan fingerprint density at radius 1 is 1.00 bits per heavy atom. The summed E-state index contributed by atoms with van der Waals surface area (Å²) in [5.74, 6) is 0. The minimum absolute atomic E-state index is 0. The summed E-state index contributed by atoms with van der Waals surface area (Å²) in [6.07, 6.45) is 0. The first-order valence-corrected chi connectivity index (χ1v) is 0. The molecule has 0 aromatic carbocycles. The normalized spacial score (nSPS) is 0. The van der Waals surface area contributed by atoms with Crippen molar-refractivity contribution < 1.29 is 33.3 Å². The predicted molar refractivity (Wildman–Crippen MR) is 29.8 cm³/mol. The smallest absolute Gasteiger partial charge is 0.0149 e. The third-order valence-electron chi connectivity index (χ3n) is 0. The van der Waals surface area contributed by atoms with Crippen molar-refractivity contribution in [1.29, 1.82) is 0 Å². The van der Waals surface area contributed by atoms with E-state index in [4.69, 9.17) is 0 Å². The van der Waals surface area contributed by atoms with Gasteiger partial charge in [0.05, 0.1) is 0 Å². The van der Waals surface area contributed by atoms with Crippen LogP contribution in [0.5, 0.6) is 0 Å². The second-order valence-corrected chi connectivity index (χ2v) is 0. The molecule has 5 heavy (non-hydrogen) atoms. The zero-order valence-electron chi connectivity index (χ0n) is 1.36. The maximum absolute atomic E-state index is 0. The van der Waals surface area contributed by atoms with Crippen LogP contribution in [0, 0.1) is 0 Å². The van der Waals surface area contributed by atoms with Crippen molar-refractivity contribution in [3.8, 4) is 0 Å². The van der Waals surface area contributed by atoms with Crippen molar-refractivity contribution in [2.75, 3.05) is 0 Å². The van der Waals surface area contributed by atoms with Gasteiger partial charge in [-0.2, -0.15) is 0 Å². The Hall–Kier alpha value is 3.29. The van der Waals surface area contributed by atoms with Crippen molar-refractivity contribution in [3.05, 3.63) is 0 Å². The van der Waals surface area contributed by atoms with Crippen LogP contribution >= 0.6 is 0 Å². The van der Waals surface area contributed by atoms with Gasteiger partial charge in [0.1, 0.15) is 0 Å². The van der Waals surface area contributed by atoms with Crippen LogP contribution in [-0.2, 0) is 33.3 Å². The molecule has 0 fully saturated rings. The third kappa shape index (κ3) is 18.8. The maximum atomic E-state index is 0. The van der Waals surface area contributed by atoms with Gasteiger partial charge in [0, 0.05) is 33.3 Å². The Balaban J connectivity index is 0. The third-order valence-corrected chi connectivity index (χ3v) is 0. The van der Waals surface area contributed by atoms with Gasteiger partial charge in [0.2, 0.25) is 0 Å². The number of rotatable bonds is 0. The molecule has 0 unspecified atom stereocenters. The molecule has 0 heterocycles. The van der Waals surface area contributed by atoms with Crippen LogP contribution in [0.15, 0.2) is 0 Å². The van der Waals surface area contributed by atoms with Crippen molar-refractivity contribution >= 4 is 73.1 Å². The fraction of sp³-hybridized carbons (Fsp3) is 0. The molecule has 39 valence electrons. The SMILES string of the molecule is [CaH2].[Co].[Ni].[SbH3].[SiH4]. The summed E-state index contributed by atoms with van der Waals surface area (Å²) >= 11 is 0. The van der Waals surface area contributed by atoms with Gasteiger partial charge in [0.25, 0.3) is 0 Å². The summed E-state index contributed by atoms with van der Waals surface area (Å²) in [4.78, 5) is 0. The quantitative estimate of drug-likeness (QED) is 0.406. The Morgan fingerprint density at radius 2 is 1.00 bits per heavy atom. The predicted octanol–water partition coefficient (Wildman–Crippen LogP) is -3.56. The van der Waals surface area contributed by atoms with E-state index in [0.717, 1.165) is 0 Å². The molecule has 0 aliphatic carbocycles. The van der Waals surface area contributed by atoms with E-state index in [-0.39, 0.29) is 106 Å². The Bertz CT molecular complexity index is 11.6. The van der Waals surface area contributed by atoms with Crippen LogP contribution < -0.4 is 0 Å². The van der Waals surface area contributed by atoms with Crippen LogP contribution in [-0.4, -0.2) is 73.1 Å². The minimum Gasteiger partial charge on any atom is -0.0149 e. The molecule has 1 radical (unpaired) electrons. The van der Waals surface area contributed by atoms with E-state index in [9.17, 15) is 0 Å². The molecule has 0 aliphatic heterocycles. The standard InChI is InChI=1S/Ca.Co.Ni.Sb.H4Si.5H/h;;;;1H4;;;;;. The van der Waals surface area contributed by atoms with E-state index in [2.05, 4.69) is 0 Å². The van der Waals surface area contributed by atoms with Crippen molar-refractivity contribution in [2.24, 2.45) is 0 Å². The average Bonchev–Trinajstić information content (AvgIpc) is 0. The number of hydrogen-bond donors (Lipinski definition) is 0. The molecule has 0 saturated heterocycles. The van der Waals surface area contributed by atoms with E-state index < -0.39 is 0 Å². The van der Waals surface area contributed by atoms with Gasteiger partial charge in [-0.15, -0.1) is 0 Å². The van der Waals surface area contributed by atoms with Gasteiger partial charge >= 0.3 is 62.2 Å². The van der Waals surface area contributed by atoms with Gasteiger partial charge in [-0.05, 0) is 11.0 Å². The molecule has 0 aliphatic rings. The van der Waals surface area contributed by atoms with E-state index in [0.29, 0.717) is 0 Å². The first-order chi connectivity index (χ1) is 0. The van der Waals surface area contributed by atoms with Crippen LogP contribution in [0.4, 0.5) is 0 Å². The summed E-state index contributed by atoms with van der Waals surface area (Å²) in [7, 11) is 0. The first kappa shape index (κ1) is 40.7. The van der Waals surface area contributed by atoms with Gasteiger partial charge in [-0.25, -0.2) is 0 Å². The molecule has 0 rings (SSSR count). The molecule has 0 bridgehead atoms. The van der Waals surface area contributed by atoms with Crippen LogP contribution in [0.1, 0.15) is 0 Å². The van der Waals surface area contributed by atoms with Gasteiger partial charge in [-0.3, -0.25) is 0 Å². The topological polar surface area (TPSA) is 0 Å². The monoisotopic (exact) mass is 315 g/mol. The summed E-state index contributed by atoms with van der Waals surface area (Å²) in [6, 6.07) is 0. The van der Waals surface area contributed by atoms with Crippen LogP contribution in [0.2, 0.25) is 0 Å². The molecular weight excluding hydrogens is 308 g/mol. The maximum Gasteiger partial charge on any atom is -0.0149 e. The summed E-state index contributed by atoms with van der Waals surface area (Å²) in [5.41, 5.74) is 0. The summed E-state index contributed by atoms with van der Waals surface area (Å²) < 4.78 is 0. The molecule has 0 nitrogen and oxygen atoms in total. The molecule has 5 heteroatoms. The second kappa shape index (κ2) is 26.6. The molecule has 0 aromatic rings. The van der Waals surface area contributed by atoms with Crippen molar-refractivity contribution in [1.82, 2.24) is 0 Å². The number of hydrogen-bond acceptors (Lipinski definition) is 0. The van der Waals surface area contributed by atoms with Crippen molar-refractivity contribution in [3.63, 3.8) is 0 Å². The van der Waals surface area contributed by atoms with E-state index in [1.807, 2.05) is 0 Å². The summed E-state index contributed by atoms with van der Waals surface area (Å²) in [5, 5.41) is 0. The van der Waals surface area contributed by atoms with Crippen LogP contribution in [0.3, 0.4) is 0 Å². The van der Waals surface area contributed by atoms with Gasteiger partial charge < -0.3 is 0 Å².